The van der Waals surface area contributed by atoms with Crippen molar-refractivity contribution in [1.82, 2.24) is 0 Å². The van der Waals surface area contributed by atoms with Gasteiger partial charge in [-0.05, 0) is 48.9 Å². The molecule has 0 aliphatic carbocycles. The highest BCUT2D eigenvalue weighted by Gasteiger charge is 2.14. The SMILES string of the molecule is Cc1ccc(CCc2ccc(C)c(F)c2F)c(F)c1F. The Morgan fingerprint density at radius 1 is 0.600 bits per heavy atom. The lowest BCUT2D eigenvalue weighted by molar-refractivity contribution is 0.486. The number of aryl methyl sites for hydroxylation is 4. The number of halogens is 4. The second-order valence-corrected chi connectivity index (χ2v) is 4.84. The maximum absolute atomic E-state index is 13.7. The Morgan fingerprint density at radius 3 is 1.30 bits per heavy atom. The summed E-state index contributed by atoms with van der Waals surface area (Å²) in [6, 6.07) is 5.88. The normalized spacial score (nSPS) is 10.9. The van der Waals surface area contributed by atoms with Crippen molar-refractivity contribution in [1.29, 1.82) is 0 Å². The van der Waals surface area contributed by atoms with Crippen molar-refractivity contribution in [2.75, 3.05) is 0 Å². The zero-order valence-electron chi connectivity index (χ0n) is 11.2. The summed E-state index contributed by atoms with van der Waals surface area (Å²) in [4.78, 5) is 0. The van der Waals surface area contributed by atoms with Crippen LogP contribution in [0.4, 0.5) is 17.6 Å². The largest absolute Gasteiger partial charge is 0.203 e. The van der Waals surface area contributed by atoms with Crippen LogP contribution in [-0.4, -0.2) is 0 Å². The Morgan fingerprint density at radius 2 is 0.950 bits per heavy atom. The summed E-state index contributed by atoms with van der Waals surface area (Å²) in [5, 5.41) is 0. The Kier molecular flexibility index (Phi) is 4.12. The maximum Gasteiger partial charge on any atom is 0.162 e. The van der Waals surface area contributed by atoms with Gasteiger partial charge in [0, 0.05) is 0 Å². The van der Waals surface area contributed by atoms with Crippen molar-refractivity contribution in [3.63, 3.8) is 0 Å². The van der Waals surface area contributed by atoms with Gasteiger partial charge in [0.05, 0.1) is 0 Å². The third-order valence-electron chi connectivity index (χ3n) is 3.37. The zero-order valence-corrected chi connectivity index (χ0v) is 11.2. The lowest BCUT2D eigenvalue weighted by Crippen LogP contribution is -2.02. The van der Waals surface area contributed by atoms with Gasteiger partial charge in [0.1, 0.15) is 0 Å². The lowest BCUT2D eigenvalue weighted by Gasteiger charge is -2.08. The van der Waals surface area contributed by atoms with Crippen molar-refractivity contribution in [3.8, 4) is 0 Å². The molecule has 0 spiro atoms. The van der Waals surface area contributed by atoms with E-state index in [0.29, 0.717) is 0 Å². The Bertz CT molecular complexity index is 590. The predicted octanol–water partition coefficient (Wildman–Crippen LogP) is 4.65. The van der Waals surface area contributed by atoms with E-state index in [2.05, 4.69) is 0 Å². The quantitative estimate of drug-likeness (QED) is 0.719. The summed E-state index contributed by atoms with van der Waals surface area (Å²) < 4.78 is 54.1. The fraction of sp³-hybridized carbons (Fsp3) is 0.250. The molecule has 2 aromatic carbocycles. The van der Waals surface area contributed by atoms with E-state index in [0.717, 1.165) is 0 Å². The number of hydrogen-bond acceptors (Lipinski definition) is 0. The zero-order chi connectivity index (χ0) is 14.9. The molecular formula is C16H14F4. The Labute approximate surface area is 115 Å². The maximum atomic E-state index is 13.7. The van der Waals surface area contributed by atoms with Crippen LogP contribution in [0.25, 0.3) is 0 Å². The van der Waals surface area contributed by atoms with Gasteiger partial charge in [0.25, 0.3) is 0 Å². The van der Waals surface area contributed by atoms with Gasteiger partial charge in [-0.3, -0.25) is 0 Å². The summed E-state index contributed by atoms with van der Waals surface area (Å²) in [6.45, 7) is 2.94. The molecule has 0 unspecified atom stereocenters. The number of rotatable bonds is 3. The molecule has 2 aromatic rings. The van der Waals surface area contributed by atoms with E-state index in [-0.39, 0.29) is 35.1 Å². The van der Waals surface area contributed by atoms with Gasteiger partial charge >= 0.3 is 0 Å². The third-order valence-corrected chi connectivity index (χ3v) is 3.37. The second kappa shape index (κ2) is 5.65. The molecule has 0 fully saturated rings. The van der Waals surface area contributed by atoms with Crippen molar-refractivity contribution in [2.45, 2.75) is 26.7 Å². The van der Waals surface area contributed by atoms with E-state index in [1.807, 2.05) is 0 Å². The number of benzene rings is 2. The van der Waals surface area contributed by atoms with Crippen molar-refractivity contribution in [2.24, 2.45) is 0 Å². The highest BCUT2D eigenvalue weighted by molar-refractivity contribution is 5.29. The van der Waals surface area contributed by atoms with E-state index in [1.165, 1.54) is 38.1 Å². The highest BCUT2D eigenvalue weighted by Crippen LogP contribution is 2.20. The second-order valence-electron chi connectivity index (χ2n) is 4.84. The molecule has 0 saturated heterocycles. The van der Waals surface area contributed by atoms with E-state index in [9.17, 15) is 17.6 Å². The van der Waals surface area contributed by atoms with Crippen LogP contribution in [0.2, 0.25) is 0 Å². The molecule has 20 heavy (non-hydrogen) atoms. The van der Waals surface area contributed by atoms with Gasteiger partial charge in [-0.2, -0.15) is 0 Å². The van der Waals surface area contributed by atoms with Crippen LogP contribution in [-0.2, 0) is 12.8 Å². The van der Waals surface area contributed by atoms with Gasteiger partial charge < -0.3 is 0 Å². The van der Waals surface area contributed by atoms with E-state index >= 15 is 0 Å². The van der Waals surface area contributed by atoms with Crippen LogP contribution in [0.5, 0.6) is 0 Å². The molecule has 106 valence electrons. The summed E-state index contributed by atoms with van der Waals surface area (Å²) in [5.41, 5.74) is 0.764. The molecule has 0 aliphatic rings. The van der Waals surface area contributed by atoms with E-state index < -0.39 is 23.3 Å². The van der Waals surface area contributed by atoms with Gasteiger partial charge in [-0.1, -0.05) is 24.3 Å². The Hall–Kier alpha value is -1.84. The summed E-state index contributed by atoms with van der Waals surface area (Å²) >= 11 is 0. The standard InChI is InChI=1S/C16H14F4/c1-9-3-5-11(15(19)13(9)17)7-8-12-6-4-10(2)14(18)16(12)20/h3-6H,7-8H2,1-2H3. The molecule has 2 rings (SSSR count). The third kappa shape index (κ3) is 2.69. The van der Waals surface area contributed by atoms with Crippen LogP contribution in [0.1, 0.15) is 22.3 Å². The summed E-state index contributed by atoms with van der Waals surface area (Å²) in [6.07, 6.45) is 0.227. The minimum absolute atomic E-state index is 0.114. The smallest absolute Gasteiger partial charge is 0.162 e. The predicted molar refractivity (Wildman–Crippen MR) is 69.6 cm³/mol. The van der Waals surface area contributed by atoms with Crippen LogP contribution < -0.4 is 0 Å². The van der Waals surface area contributed by atoms with E-state index in [1.54, 1.807) is 0 Å². The monoisotopic (exact) mass is 282 g/mol. The van der Waals surface area contributed by atoms with Crippen molar-refractivity contribution in [3.05, 3.63) is 69.8 Å². The van der Waals surface area contributed by atoms with E-state index in [4.69, 9.17) is 0 Å². The molecule has 0 nitrogen and oxygen atoms in total. The highest BCUT2D eigenvalue weighted by atomic mass is 19.2. The minimum atomic E-state index is -0.919. The van der Waals surface area contributed by atoms with Crippen LogP contribution in [0.15, 0.2) is 24.3 Å². The first kappa shape index (κ1) is 14.6. The van der Waals surface area contributed by atoms with Gasteiger partial charge in [0.15, 0.2) is 23.3 Å². The molecule has 0 saturated carbocycles. The van der Waals surface area contributed by atoms with Crippen molar-refractivity contribution >= 4 is 0 Å². The number of hydrogen-bond donors (Lipinski definition) is 0. The molecule has 4 heteroatoms. The molecule has 0 aromatic heterocycles. The molecular weight excluding hydrogens is 268 g/mol. The van der Waals surface area contributed by atoms with Crippen LogP contribution in [0, 0.1) is 37.1 Å². The molecule has 0 atom stereocenters. The first-order valence-electron chi connectivity index (χ1n) is 6.28. The molecule has 0 N–H and O–H groups in total. The summed E-state index contributed by atoms with van der Waals surface area (Å²) in [7, 11) is 0. The van der Waals surface area contributed by atoms with Crippen LogP contribution in [0.3, 0.4) is 0 Å². The van der Waals surface area contributed by atoms with Crippen LogP contribution >= 0.6 is 0 Å². The average molecular weight is 282 g/mol. The first-order chi connectivity index (χ1) is 9.41. The molecule has 0 bridgehead atoms. The average Bonchev–Trinajstić information content (AvgIpc) is 2.43. The summed E-state index contributed by atoms with van der Waals surface area (Å²) in [5.74, 6) is -3.62. The minimum Gasteiger partial charge on any atom is -0.203 e. The van der Waals surface area contributed by atoms with Gasteiger partial charge in [-0.15, -0.1) is 0 Å². The molecule has 0 amide bonds. The fourth-order valence-corrected chi connectivity index (χ4v) is 2.03. The van der Waals surface area contributed by atoms with Gasteiger partial charge in [-0.25, -0.2) is 17.6 Å². The van der Waals surface area contributed by atoms with Gasteiger partial charge in [0.2, 0.25) is 0 Å². The molecule has 0 radical (unpaired) electrons. The molecule has 0 aliphatic heterocycles. The van der Waals surface area contributed by atoms with Crippen molar-refractivity contribution < 1.29 is 17.6 Å². The molecule has 0 heterocycles. The lowest BCUT2D eigenvalue weighted by atomic mass is 10.0. The Balaban J connectivity index is 2.22. The first-order valence-corrected chi connectivity index (χ1v) is 6.28. The topological polar surface area (TPSA) is 0 Å². The fourth-order valence-electron chi connectivity index (χ4n) is 2.03.